The van der Waals surface area contributed by atoms with Crippen LogP contribution in [0.25, 0.3) is 5.69 Å². The van der Waals surface area contributed by atoms with E-state index in [1.807, 2.05) is 29.8 Å². The lowest BCUT2D eigenvalue weighted by Crippen LogP contribution is -2.20. The Kier molecular flexibility index (Phi) is 2.07. The van der Waals surface area contributed by atoms with Gasteiger partial charge in [-0.1, -0.05) is 6.07 Å². The van der Waals surface area contributed by atoms with E-state index in [-0.39, 0.29) is 0 Å². The van der Waals surface area contributed by atoms with E-state index >= 15 is 0 Å². The standard InChI is InChI=1S/C12H15N5/c1-8-14-11-6-7-16(2)12-9(13)4-3-5-10(12)17(11)15-8/h3-5H,6-7,13H2,1-2H3. The van der Waals surface area contributed by atoms with Crippen LogP contribution >= 0.6 is 0 Å². The Morgan fingerprint density at radius 3 is 3.00 bits per heavy atom. The van der Waals surface area contributed by atoms with Crippen molar-refractivity contribution in [1.82, 2.24) is 14.8 Å². The molecule has 2 N–H and O–H groups in total. The van der Waals surface area contributed by atoms with Crippen LogP contribution in [0.4, 0.5) is 11.4 Å². The van der Waals surface area contributed by atoms with Gasteiger partial charge in [0.1, 0.15) is 11.6 Å². The van der Waals surface area contributed by atoms with Crippen molar-refractivity contribution < 1.29 is 0 Å². The molecular formula is C12H15N5. The Morgan fingerprint density at radius 1 is 1.35 bits per heavy atom. The minimum Gasteiger partial charge on any atom is -0.397 e. The zero-order valence-electron chi connectivity index (χ0n) is 10.0. The number of anilines is 2. The molecule has 0 unspecified atom stereocenters. The van der Waals surface area contributed by atoms with E-state index in [2.05, 4.69) is 22.0 Å². The molecule has 0 fully saturated rings. The first kappa shape index (κ1) is 10.1. The summed E-state index contributed by atoms with van der Waals surface area (Å²) in [6.07, 6.45) is 0.880. The van der Waals surface area contributed by atoms with Crippen LogP contribution in [0.3, 0.4) is 0 Å². The number of nitrogens with two attached hydrogens (primary N) is 1. The molecule has 0 spiro atoms. The van der Waals surface area contributed by atoms with Gasteiger partial charge in [-0.3, -0.25) is 0 Å². The van der Waals surface area contributed by atoms with Crippen LogP contribution in [0.1, 0.15) is 11.6 Å². The first-order valence-electron chi connectivity index (χ1n) is 5.69. The average molecular weight is 229 g/mol. The number of para-hydroxylation sites is 1. The van der Waals surface area contributed by atoms with Crippen molar-refractivity contribution in [2.24, 2.45) is 0 Å². The summed E-state index contributed by atoms with van der Waals surface area (Å²) in [6, 6.07) is 5.91. The minimum atomic E-state index is 0.783. The smallest absolute Gasteiger partial charge is 0.148 e. The minimum absolute atomic E-state index is 0.783. The van der Waals surface area contributed by atoms with Gasteiger partial charge in [0.25, 0.3) is 0 Å². The molecule has 2 aromatic rings. The molecule has 17 heavy (non-hydrogen) atoms. The fourth-order valence-electron chi connectivity index (χ4n) is 2.33. The number of nitrogens with zero attached hydrogens (tertiary/aromatic N) is 4. The first-order valence-corrected chi connectivity index (χ1v) is 5.69. The van der Waals surface area contributed by atoms with Gasteiger partial charge in [0, 0.05) is 20.0 Å². The molecular weight excluding hydrogens is 214 g/mol. The molecule has 1 aliphatic heterocycles. The molecule has 0 saturated heterocycles. The van der Waals surface area contributed by atoms with Crippen molar-refractivity contribution in [2.75, 3.05) is 24.2 Å². The maximum Gasteiger partial charge on any atom is 0.148 e. The monoisotopic (exact) mass is 229 g/mol. The summed E-state index contributed by atoms with van der Waals surface area (Å²) in [7, 11) is 2.05. The van der Waals surface area contributed by atoms with E-state index in [9.17, 15) is 0 Å². The molecule has 0 atom stereocenters. The van der Waals surface area contributed by atoms with Crippen LogP contribution in [-0.4, -0.2) is 28.4 Å². The molecule has 1 aliphatic rings. The zero-order chi connectivity index (χ0) is 12.0. The average Bonchev–Trinajstić information content (AvgIpc) is 2.61. The van der Waals surface area contributed by atoms with Crippen LogP contribution < -0.4 is 10.6 Å². The van der Waals surface area contributed by atoms with Gasteiger partial charge in [0.2, 0.25) is 0 Å². The van der Waals surface area contributed by atoms with E-state index in [0.29, 0.717) is 0 Å². The summed E-state index contributed by atoms with van der Waals surface area (Å²) in [4.78, 5) is 6.62. The number of rotatable bonds is 0. The molecule has 88 valence electrons. The third-order valence-corrected chi connectivity index (χ3v) is 3.11. The summed E-state index contributed by atoms with van der Waals surface area (Å²) < 4.78 is 1.91. The van der Waals surface area contributed by atoms with Crippen LogP contribution in [0, 0.1) is 6.92 Å². The third-order valence-electron chi connectivity index (χ3n) is 3.11. The van der Waals surface area contributed by atoms with Gasteiger partial charge < -0.3 is 10.6 Å². The predicted molar refractivity (Wildman–Crippen MR) is 67.5 cm³/mol. The van der Waals surface area contributed by atoms with Crippen molar-refractivity contribution >= 4 is 11.4 Å². The lowest BCUT2D eigenvalue weighted by atomic mass is 10.2. The highest BCUT2D eigenvalue weighted by molar-refractivity contribution is 5.77. The second kappa shape index (κ2) is 3.48. The Balaban J connectivity index is 2.31. The lowest BCUT2D eigenvalue weighted by molar-refractivity contribution is 0.789. The van der Waals surface area contributed by atoms with Gasteiger partial charge in [-0.2, -0.15) is 5.10 Å². The largest absolute Gasteiger partial charge is 0.397 e. The number of aromatic nitrogens is 3. The topological polar surface area (TPSA) is 60.0 Å². The fourth-order valence-corrected chi connectivity index (χ4v) is 2.33. The summed E-state index contributed by atoms with van der Waals surface area (Å²) >= 11 is 0. The normalized spacial score (nSPS) is 14.1. The molecule has 0 bridgehead atoms. The quantitative estimate of drug-likeness (QED) is 0.688. The highest BCUT2D eigenvalue weighted by atomic mass is 15.4. The molecule has 0 aliphatic carbocycles. The lowest BCUT2D eigenvalue weighted by Gasteiger charge is -2.20. The summed E-state index contributed by atoms with van der Waals surface area (Å²) in [5, 5.41) is 4.45. The highest BCUT2D eigenvalue weighted by Gasteiger charge is 2.21. The van der Waals surface area contributed by atoms with Crippen LogP contribution in [0.5, 0.6) is 0 Å². The molecule has 0 radical (unpaired) electrons. The maximum absolute atomic E-state index is 6.06. The van der Waals surface area contributed by atoms with E-state index in [1.54, 1.807) is 0 Å². The van der Waals surface area contributed by atoms with E-state index in [1.165, 1.54) is 0 Å². The van der Waals surface area contributed by atoms with Crippen LogP contribution in [0.2, 0.25) is 0 Å². The number of hydrogen-bond donors (Lipinski definition) is 1. The van der Waals surface area contributed by atoms with Crippen molar-refractivity contribution in [3.8, 4) is 5.69 Å². The molecule has 1 aromatic carbocycles. The number of hydrogen-bond acceptors (Lipinski definition) is 4. The number of nitrogen functional groups attached to an aromatic ring is 1. The Morgan fingerprint density at radius 2 is 2.18 bits per heavy atom. The summed E-state index contributed by atoms with van der Waals surface area (Å²) in [5.41, 5.74) is 8.90. The Bertz CT molecular complexity index is 572. The maximum atomic E-state index is 6.06. The first-order chi connectivity index (χ1) is 8.16. The van der Waals surface area contributed by atoms with Gasteiger partial charge in [0.05, 0.1) is 17.1 Å². The van der Waals surface area contributed by atoms with Gasteiger partial charge in [-0.25, -0.2) is 9.67 Å². The molecule has 3 rings (SSSR count). The highest BCUT2D eigenvalue weighted by Crippen LogP contribution is 2.32. The van der Waals surface area contributed by atoms with E-state index < -0.39 is 0 Å². The Hall–Kier alpha value is -2.04. The van der Waals surface area contributed by atoms with Crippen molar-refractivity contribution in [1.29, 1.82) is 0 Å². The number of fused-ring (bicyclic) bond motifs is 3. The zero-order valence-corrected chi connectivity index (χ0v) is 10.0. The molecule has 0 amide bonds. The summed E-state index contributed by atoms with van der Waals surface area (Å²) in [5.74, 6) is 1.80. The molecule has 5 nitrogen and oxygen atoms in total. The second-order valence-electron chi connectivity index (χ2n) is 4.37. The fraction of sp³-hybridized carbons (Fsp3) is 0.333. The van der Waals surface area contributed by atoms with E-state index in [0.717, 1.165) is 41.7 Å². The van der Waals surface area contributed by atoms with E-state index in [4.69, 9.17) is 5.73 Å². The number of benzene rings is 1. The van der Waals surface area contributed by atoms with Gasteiger partial charge in [-0.15, -0.1) is 0 Å². The van der Waals surface area contributed by atoms with Gasteiger partial charge in [0.15, 0.2) is 0 Å². The molecule has 2 heterocycles. The number of aryl methyl sites for hydroxylation is 1. The summed E-state index contributed by atoms with van der Waals surface area (Å²) in [6.45, 7) is 2.82. The molecule has 0 saturated carbocycles. The van der Waals surface area contributed by atoms with Crippen molar-refractivity contribution in [3.05, 3.63) is 29.8 Å². The van der Waals surface area contributed by atoms with Gasteiger partial charge >= 0.3 is 0 Å². The van der Waals surface area contributed by atoms with Gasteiger partial charge in [-0.05, 0) is 19.1 Å². The predicted octanol–water partition coefficient (Wildman–Crippen LogP) is 1.15. The van der Waals surface area contributed by atoms with Crippen molar-refractivity contribution in [2.45, 2.75) is 13.3 Å². The second-order valence-corrected chi connectivity index (χ2v) is 4.37. The van der Waals surface area contributed by atoms with Crippen LogP contribution in [-0.2, 0) is 6.42 Å². The van der Waals surface area contributed by atoms with Crippen LogP contribution in [0.15, 0.2) is 18.2 Å². The third kappa shape index (κ3) is 1.46. The number of likely N-dealkylation sites (N-methyl/N-ethyl adjacent to an activating group) is 1. The SMILES string of the molecule is Cc1nc2n(n1)-c1cccc(N)c1N(C)CC2. The molecule has 5 heteroatoms. The Labute approximate surface area is 99.9 Å². The van der Waals surface area contributed by atoms with Crippen molar-refractivity contribution in [3.63, 3.8) is 0 Å². The molecule has 1 aromatic heterocycles.